The maximum atomic E-state index is 10.7. The van der Waals surface area contributed by atoms with Crippen LogP contribution < -0.4 is 4.74 Å². The lowest BCUT2D eigenvalue weighted by Gasteiger charge is -2.06. The van der Waals surface area contributed by atoms with Gasteiger partial charge >= 0.3 is 5.97 Å². The smallest absolute Gasteiger partial charge is 0.337 e. The van der Waals surface area contributed by atoms with Crippen molar-refractivity contribution < 1.29 is 19.6 Å². The van der Waals surface area contributed by atoms with E-state index in [-0.39, 0.29) is 22.9 Å². The quantitative estimate of drug-likeness (QED) is 0.678. The molecule has 2 rings (SSSR count). The molecule has 0 aliphatic carbocycles. The summed E-state index contributed by atoms with van der Waals surface area (Å²) in [5, 5.41) is 19.4. The molecule has 0 bridgehead atoms. The Morgan fingerprint density at radius 3 is 2.65 bits per heavy atom. The molecule has 0 unspecified atom stereocenters. The summed E-state index contributed by atoms with van der Waals surface area (Å²) < 4.78 is 5.90. The van der Waals surface area contributed by atoms with Gasteiger partial charge in [-0.05, 0) is 28.1 Å². The second-order valence-electron chi connectivity index (χ2n) is 3.66. The van der Waals surface area contributed by atoms with Crippen LogP contribution in [-0.4, -0.2) is 21.0 Å². The van der Waals surface area contributed by atoms with E-state index in [0.29, 0.717) is 4.47 Å². The van der Waals surface area contributed by atoms with E-state index in [1.165, 1.54) is 30.3 Å². The van der Waals surface area contributed by atoms with Crippen LogP contribution in [0, 0.1) is 10.1 Å². The number of ether oxygens (including phenoxy) is 1. The molecule has 102 valence electrons. The Balaban J connectivity index is 2.27. The fourth-order valence-electron chi connectivity index (χ4n) is 1.36. The average molecular weight is 339 g/mol. The molecule has 1 aromatic heterocycles. The number of nitro groups is 1. The SMILES string of the molecule is O=C(O)c1ccc(Oc2cc([N+](=O)[O-])ccc2Br)nc1. The van der Waals surface area contributed by atoms with Crippen LogP contribution in [0.1, 0.15) is 10.4 Å². The molecule has 0 spiro atoms. The summed E-state index contributed by atoms with van der Waals surface area (Å²) in [4.78, 5) is 24.6. The lowest BCUT2D eigenvalue weighted by molar-refractivity contribution is -0.384. The molecule has 0 radical (unpaired) electrons. The first-order valence-corrected chi connectivity index (χ1v) is 6.08. The van der Waals surface area contributed by atoms with Gasteiger partial charge in [0.2, 0.25) is 5.88 Å². The van der Waals surface area contributed by atoms with Gasteiger partial charge in [0.05, 0.1) is 21.0 Å². The van der Waals surface area contributed by atoms with E-state index in [0.717, 1.165) is 6.20 Å². The number of rotatable bonds is 4. The number of carbonyl (C=O) groups is 1. The molecule has 0 aliphatic rings. The molecular formula is C12H7BrN2O5. The highest BCUT2D eigenvalue weighted by Gasteiger charge is 2.12. The third kappa shape index (κ3) is 3.09. The van der Waals surface area contributed by atoms with Crippen molar-refractivity contribution in [2.75, 3.05) is 0 Å². The number of halogens is 1. The predicted octanol–water partition coefficient (Wildman–Crippen LogP) is 3.24. The first-order valence-electron chi connectivity index (χ1n) is 5.28. The summed E-state index contributed by atoms with van der Waals surface area (Å²) in [6.07, 6.45) is 1.14. The molecule has 2 aromatic rings. The van der Waals surface area contributed by atoms with Gasteiger partial charge in [0.25, 0.3) is 5.69 Å². The number of aromatic carboxylic acids is 1. The Morgan fingerprint density at radius 1 is 1.35 bits per heavy atom. The molecule has 0 saturated carbocycles. The summed E-state index contributed by atoms with van der Waals surface area (Å²) in [6.45, 7) is 0. The first kappa shape index (κ1) is 13.9. The highest BCUT2D eigenvalue weighted by molar-refractivity contribution is 9.10. The van der Waals surface area contributed by atoms with Crippen molar-refractivity contribution in [1.82, 2.24) is 4.98 Å². The van der Waals surface area contributed by atoms with E-state index in [2.05, 4.69) is 20.9 Å². The van der Waals surface area contributed by atoms with Crippen molar-refractivity contribution >= 4 is 27.6 Å². The largest absolute Gasteiger partial charge is 0.478 e. The Bertz CT molecular complexity index is 672. The summed E-state index contributed by atoms with van der Waals surface area (Å²) in [7, 11) is 0. The standard InChI is InChI=1S/C12H7BrN2O5/c13-9-3-2-8(15(18)19)5-10(9)20-11-4-1-7(6-14-11)12(16)17/h1-6H,(H,16,17). The average Bonchev–Trinajstić information content (AvgIpc) is 2.41. The number of carboxylic acids is 1. The first-order chi connectivity index (χ1) is 9.47. The minimum Gasteiger partial charge on any atom is -0.478 e. The molecule has 0 amide bonds. The molecule has 0 saturated heterocycles. The van der Waals surface area contributed by atoms with Gasteiger partial charge in [-0.15, -0.1) is 0 Å². The molecule has 0 atom stereocenters. The van der Waals surface area contributed by atoms with E-state index in [1.807, 2.05) is 0 Å². The van der Waals surface area contributed by atoms with E-state index >= 15 is 0 Å². The van der Waals surface area contributed by atoms with Gasteiger partial charge in [0.1, 0.15) is 0 Å². The van der Waals surface area contributed by atoms with Crippen LogP contribution in [0.3, 0.4) is 0 Å². The van der Waals surface area contributed by atoms with Crippen LogP contribution in [0.5, 0.6) is 11.6 Å². The number of non-ortho nitro benzene ring substituents is 1. The lowest BCUT2D eigenvalue weighted by Crippen LogP contribution is -1.97. The zero-order valence-corrected chi connectivity index (χ0v) is 11.4. The van der Waals surface area contributed by atoms with Crippen LogP contribution in [0.25, 0.3) is 0 Å². The lowest BCUT2D eigenvalue weighted by atomic mass is 10.3. The normalized spacial score (nSPS) is 10.1. The maximum absolute atomic E-state index is 10.7. The van der Waals surface area contributed by atoms with Crippen molar-refractivity contribution in [3.05, 3.63) is 56.7 Å². The zero-order chi connectivity index (χ0) is 14.7. The number of hydrogen-bond acceptors (Lipinski definition) is 5. The number of hydrogen-bond donors (Lipinski definition) is 1. The van der Waals surface area contributed by atoms with E-state index in [1.54, 1.807) is 0 Å². The highest BCUT2D eigenvalue weighted by Crippen LogP contribution is 2.32. The Hall–Kier alpha value is -2.48. The van der Waals surface area contributed by atoms with E-state index in [4.69, 9.17) is 9.84 Å². The van der Waals surface area contributed by atoms with Crippen molar-refractivity contribution in [2.45, 2.75) is 0 Å². The van der Waals surface area contributed by atoms with Crippen molar-refractivity contribution in [1.29, 1.82) is 0 Å². The fraction of sp³-hybridized carbons (Fsp3) is 0. The predicted molar refractivity (Wildman–Crippen MR) is 72.1 cm³/mol. The summed E-state index contributed by atoms with van der Waals surface area (Å²) in [6, 6.07) is 6.76. The van der Waals surface area contributed by atoms with Gasteiger partial charge in [-0.25, -0.2) is 9.78 Å². The number of benzene rings is 1. The number of carboxylic acid groups (broad SMARTS) is 1. The summed E-state index contributed by atoms with van der Waals surface area (Å²) >= 11 is 3.21. The van der Waals surface area contributed by atoms with Crippen molar-refractivity contribution in [3.8, 4) is 11.6 Å². The Kier molecular flexibility index (Phi) is 3.94. The Labute approximate surface area is 121 Å². The summed E-state index contributed by atoms with van der Waals surface area (Å²) in [5.74, 6) is -0.744. The molecular weight excluding hydrogens is 332 g/mol. The third-order valence-electron chi connectivity index (χ3n) is 2.32. The van der Waals surface area contributed by atoms with Crippen LogP contribution in [0.15, 0.2) is 41.0 Å². The number of aromatic nitrogens is 1. The number of nitrogens with zero attached hydrogens (tertiary/aromatic N) is 2. The summed E-state index contributed by atoms with van der Waals surface area (Å²) in [5.41, 5.74) is -0.0965. The Morgan fingerprint density at radius 2 is 2.10 bits per heavy atom. The minimum absolute atomic E-state index is 0.0236. The molecule has 0 aliphatic heterocycles. The van der Waals surface area contributed by atoms with Crippen LogP contribution in [-0.2, 0) is 0 Å². The molecule has 1 aromatic carbocycles. The maximum Gasteiger partial charge on any atom is 0.337 e. The van der Waals surface area contributed by atoms with Crippen molar-refractivity contribution in [3.63, 3.8) is 0 Å². The van der Waals surface area contributed by atoms with Gasteiger partial charge in [-0.2, -0.15) is 0 Å². The number of pyridine rings is 1. The molecule has 1 heterocycles. The molecule has 0 fully saturated rings. The van der Waals surface area contributed by atoms with Crippen LogP contribution in [0.2, 0.25) is 0 Å². The number of nitro benzene ring substituents is 1. The monoisotopic (exact) mass is 338 g/mol. The van der Waals surface area contributed by atoms with Crippen molar-refractivity contribution in [2.24, 2.45) is 0 Å². The van der Waals surface area contributed by atoms with Gasteiger partial charge in [-0.1, -0.05) is 0 Å². The van der Waals surface area contributed by atoms with Crippen LogP contribution >= 0.6 is 15.9 Å². The van der Waals surface area contributed by atoms with Gasteiger partial charge in [0.15, 0.2) is 5.75 Å². The topological polar surface area (TPSA) is 103 Å². The van der Waals surface area contributed by atoms with Crippen LogP contribution in [0.4, 0.5) is 5.69 Å². The van der Waals surface area contributed by atoms with Gasteiger partial charge in [-0.3, -0.25) is 10.1 Å². The van der Waals surface area contributed by atoms with Gasteiger partial charge in [0, 0.05) is 18.3 Å². The van der Waals surface area contributed by atoms with Gasteiger partial charge < -0.3 is 9.84 Å². The molecule has 20 heavy (non-hydrogen) atoms. The fourth-order valence-corrected chi connectivity index (χ4v) is 1.69. The third-order valence-corrected chi connectivity index (χ3v) is 2.98. The van der Waals surface area contributed by atoms with E-state index < -0.39 is 10.9 Å². The molecule has 1 N–H and O–H groups in total. The van der Waals surface area contributed by atoms with E-state index in [9.17, 15) is 14.9 Å². The second-order valence-corrected chi connectivity index (χ2v) is 4.52. The highest BCUT2D eigenvalue weighted by atomic mass is 79.9. The second kappa shape index (κ2) is 5.66. The molecule has 7 nitrogen and oxygen atoms in total. The molecule has 8 heteroatoms. The zero-order valence-electron chi connectivity index (χ0n) is 9.82. The minimum atomic E-state index is -1.10.